The van der Waals surface area contributed by atoms with Crippen molar-refractivity contribution in [2.75, 3.05) is 26.2 Å². The highest BCUT2D eigenvalue weighted by atomic mass is 16.2. The van der Waals surface area contributed by atoms with Crippen molar-refractivity contribution in [1.82, 2.24) is 15.1 Å². The van der Waals surface area contributed by atoms with Crippen molar-refractivity contribution >= 4 is 17.7 Å². The van der Waals surface area contributed by atoms with Gasteiger partial charge in [0.05, 0.1) is 12.3 Å². The molecule has 1 aromatic carbocycles. The van der Waals surface area contributed by atoms with Crippen LogP contribution in [0.3, 0.4) is 0 Å². The Morgan fingerprint density at radius 3 is 2.41 bits per heavy atom. The molecule has 0 aromatic heterocycles. The number of carbonyl (C=O) groups excluding carboxylic acids is 3. The number of hydrogen-bond donors (Lipinski definition) is 1. The minimum atomic E-state index is -0.136. The van der Waals surface area contributed by atoms with Gasteiger partial charge in [-0.05, 0) is 31.2 Å². The second-order valence-corrected chi connectivity index (χ2v) is 8.63. The highest BCUT2D eigenvalue weighted by Gasteiger charge is 2.33. The van der Waals surface area contributed by atoms with Gasteiger partial charge >= 0.3 is 0 Å². The van der Waals surface area contributed by atoms with Crippen LogP contribution in [0.2, 0.25) is 0 Å². The van der Waals surface area contributed by atoms with Gasteiger partial charge < -0.3 is 15.1 Å². The van der Waals surface area contributed by atoms with E-state index in [-0.39, 0.29) is 35.6 Å². The summed E-state index contributed by atoms with van der Waals surface area (Å²) < 4.78 is 0. The topological polar surface area (TPSA) is 69.7 Å². The monoisotopic (exact) mass is 399 g/mol. The van der Waals surface area contributed by atoms with Crippen molar-refractivity contribution in [3.63, 3.8) is 0 Å². The number of hydrogen-bond acceptors (Lipinski definition) is 3. The van der Waals surface area contributed by atoms with E-state index in [1.165, 1.54) is 0 Å². The zero-order valence-electron chi connectivity index (χ0n) is 17.6. The molecule has 0 radical (unpaired) electrons. The molecule has 3 rings (SSSR count). The van der Waals surface area contributed by atoms with Gasteiger partial charge in [0.15, 0.2) is 0 Å². The van der Waals surface area contributed by atoms with Crippen LogP contribution < -0.4 is 5.32 Å². The van der Waals surface area contributed by atoms with E-state index in [9.17, 15) is 14.4 Å². The van der Waals surface area contributed by atoms with Gasteiger partial charge in [0.2, 0.25) is 17.7 Å². The molecule has 1 N–H and O–H groups in total. The molecule has 2 unspecified atom stereocenters. The Morgan fingerprint density at radius 2 is 1.69 bits per heavy atom. The predicted molar refractivity (Wildman–Crippen MR) is 112 cm³/mol. The molecule has 2 aliphatic heterocycles. The lowest BCUT2D eigenvalue weighted by atomic mass is 9.94. The molecule has 2 atom stereocenters. The van der Waals surface area contributed by atoms with Crippen molar-refractivity contribution in [1.29, 1.82) is 0 Å². The molecule has 0 spiro atoms. The first-order valence-corrected chi connectivity index (χ1v) is 10.8. The van der Waals surface area contributed by atoms with Crippen molar-refractivity contribution < 1.29 is 14.4 Å². The van der Waals surface area contributed by atoms with E-state index in [1.807, 2.05) is 54.0 Å². The van der Waals surface area contributed by atoms with Crippen molar-refractivity contribution in [3.8, 4) is 0 Å². The van der Waals surface area contributed by atoms with E-state index in [4.69, 9.17) is 0 Å². The first kappa shape index (κ1) is 21.3. The van der Waals surface area contributed by atoms with Crippen LogP contribution in [0.15, 0.2) is 30.3 Å². The van der Waals surface area contributed by atoms with Crippen LogP contribution in [-0.2, 0) is 20.8 Å². The van der Waals surface area contributed by atoms with Crippen molar-refractivity contribution in [3.05, 3.63) is 35.9 Å². The van der Waals surface area contributed by atoms with Gasteiger partial charge in [-0.3, -0.25) is 14.4 Å². The number of nitrogens with one attached hydrogen (secondary N) is 1. The average molecular weight is 400 g/mol. The Balaban J connectivity index is 1.54. The van der Waals surface area contributed by atoms with Crippen LogP contribution >= 0.6 is 0 Å². The van der Waals surface area contributed by atoms with Gasteiger partial charge in [-0.15, -0.1) is 0 Å². The Hall–Kier alpha value is -2.37. The largest absolute Gasteiger partial charge is 0.351 e. The lowest BCUT2D eigenvalue weighted by Gasteiger charge is -2.38. The molecule has 2 heterocycles. The smallest absolute Gasteiger partial charge is 0.227 e. The minimum Gasteiger partial charge on any atom is -0.351 e. The fraction of sp³-hybridized carbons (Fsp3) is 0.609. The SMILES string of the molecule is CC(C)C(=O)NC1CCCN(C(=O)C2CCCN(C(=O)Cc3ccccc3)C2)C1. The fourth-order valence-electron chi connectivity index (χ4n) is 4.21. The third-order valence-electron chi connectivity index (χ3n) is 5.93. The number of likely N-dealkylation sites (tertiary alicyclic amines) is 2. The van der Waals surface area contributed by atoms with Crippen molar-refractivity contribution in [2.45, 2.75) is 52.0 Å². The molecule has 1 aromatic rings. The molecule has 6 nitrogen and oxygen atoms in total. The number of rotatable bonds is 5. The molecule has 0 saturated carbocycles. The predicted octanol–water partition coefficient (Wildman–Crippen LogP) is 2.23. The lowest BCUT2D eigenvalue weighted by molar-refractivity contribution is -0.142. The summed E-state index contributed by atoms with van der Waals surface area (Å²) >= 11 is 0. The molecule has 29 heavy (non-hydrogen) atoms. The van der Waals surface area contributed by atoms with Gasteiger partial charge in [0, 0.05) is 38.1 Å². The maximum Gasteiger partial charge on any atom is 0.227 e. The quantitative estimate of drug-likeness (QED) is 0.825. The highest BCUT2D eigenvalue weighted by Crippen LogP contribution is 2.22. The van der Waals surface area contributed by atoms with Gasteiger partial charge in [0.25, 0.3) is 0 Å². The minimum absolute atomic E-state index is 0.0296. The van der Waals surface area contributed by atoms with Crippen LogP contribution in [0.5, 0.6) is 0 Å². The average Bonchev–Trinajstić information content (AvgIpc) is 2.74. The summed E-state index contributed by atoms with van der Waals surface area (Å²) in [4.78, 5) is 41.6. The van der Waals surface area contributed by atoms with Crippen LogP contribution in [0.25, 0.3) is 0 Å². The summed E-state index contributed by atoms with van der Waals surface area (Å²) in [7, 11) is 0. The second kappa shape index (κ2) is 9.90. The fourth-order valence-corrected chi connectivity index (χ4v) is 4.21. The first-order valence-electron chi connectivity index (χ1n) is 10.8. The van der Waals surface area contributed by atoms with Gasteiger partial charge in [-0.2, -0.15) is 0 Å². The van der Waals surface area contributed by atoms with Crippen molar-refractivity contribution in [2.24, 2.45) is 11.8 Å². The lowest BCUT2D eigenvalue weighted by Crippen LogP contribution is -2.53. The van der Waals surface area contributed by atoms with Gasteiger partial charge in [-0.1, -0.05) is 44.2 Å². The number of amides is 3. The van der Waals surface area contributed by atoms with Gasteiger partial charge in [-0.25, -0.2) is 0 Å². The summed E-state index contributed by atoms with van der Waals surface area (Å²) in [6.07, 6.45) is 3.88. The number of benzene rings is 1. The maximum absolute atomic E-state index is 13.1. The number of piperidine rings is 2. The highest BCUT2D eigenvalue weighted by molar-refractivity contribution is 5.83. The van der Waals surface area contributed by atoms with Crippen LogP contribution in [0.1, 0.15) is 45.1 Å². The van der Waals surface area contributed by atoms with E-state index in [2.05, 4.69) is 5.32 Å². The Kier molecular flexibility index (Phi) is 7.29. The Morgan fingerprint density at radius 1 is 1.00 bits per heavy atom. The zero-order chi connectivity index (χ0) is 20.8. The summed E-state index contributed by atoms with van der Waals surface area (Å²) in [6, 6.07) is 9.78. The Labute approximate surface area is 173 Å². The van der Waals surface area contributed by atoms with E-state index < -0.39 is 0 Å². The summed E-state index contributed by atoms with van der Waals surface area (Å²) in [6.45, 7) is 6.30. The van der Waals surface area contributed by atoms with Crippen LogP contribution in [-0.4, -0.2) is 59.7 Å². The Bertz CT molecular complexity index is 719. The summed E-state index contributed by atoms with van der Waals surface area (Å²) in [5, 5.41) is 3.06. The molecule has 2 saturated heterocycles. The van der Waals surface area contributed by atoms with Crippen LogP contribution in [0.4, 0.5) is 0 Å². The van der Waals surface area contributed by atoms with E-state index in [0.717, 1.165) is 44.3 Å². The molecule has 0 bridgehead atoms. The molecular formula is C23H33N3O3. The third-order valence-corrected chi connectivity index (χ3v) is 5.93. The molecular weight excluding hydrogens is 366 g/mol. The number of nitrogens with zero attached hydrogens (tertiary/aromatic N) is 2. The summed E-state index contributed by atoms with van der Waals surface area (Å²) in [5.41, 5.74) is 1.01. The van der Waals surface area contributed by atoms with Gasteiger partial charge in [0.1, 0.15) is 0 Å². The molecule has 2 fully saturated rings. The standard InChI is InChI=1S/C23H33N3O3/c1-17(2)22(28)24-20-11-7-13-26(16-20)23(29)19-10-6-12-25(15-19)21(27)14-18-8-4-3-5-9-18/h3-5,8-9,17,19-20H,6-7,10-16H2,1-2H3,(H,24,28). The van der Waals surface area contributed by atoms with E-state index in [1.54, 1.807) is 0 Å². The summed E-state index contributed by atoms with van der Waals surface area (Å²) in [5.74, 6) is 0.0754. The normalized spacial score (nSPS) is 22.4. The van der Waals surface area contributed by atoms with E-state index >= 15 is 0 Å². The van der Waals surface area contributed by atoms with E-state index in [0.29, 0.717) is 19.5 Å². The first-order chi connectivity index (χ1) is 13.9. The molecule has 158 valence electrons. The number of carbonyl (C=O) groups is 3. The van der Waals surface area contributed by atoms with Crippen LogP contribution in [0, 0.1) is 11.8 Å². The third kappa shape index (κ3) is 5.81. The molecule has 2 aliphatic rings. The molecule has 6 heteroatoms. The molecule has 3 amide bonds. The zero-order valence-corrected chi connectivity index (χ0v) is 17.6. The molecule has 0 aliphatic carbocycles. The second-order valence-electron chi connectivity index (χ2n) is 8.63. The maximum atomic E-state index is 13.1.